The molecule has 20 heavy (non-hydrogen) atoms. The molecule has 0 aliphatic rings. The predicted molar refractivity (Wildman–Crippen MR) is 77.3 cm³/mol. The highest BCUT2D eigenvalue weighted by atomic mass is 17.2. The van der Waals surface area contributed by atoms with Gasteiger partial charge in [0.25, 0.3) is 0 Å². The molecule has 1 rings (SSSR count). The molecule has 0 heterocycles. The van der Waals surface area contributed by atoms with Gasteiger partial charge in [0.15, 0.2) is 6.10 Å². The molecule has 0 aromatic heterocycles. The Morgan fingerprint density at radius 1 is 1.10 bits per heavy atom. The van der Waals surface area contributed by atoms with Crippen molar-refractivity contribution in [2.45, 2.75) is 52.1 Å². The minimum Gasteiger partial charge on any atom is -0.479 e. The van der Waals surface area contributed by atoms with Crippen molar-refractivity contribution in [1.82, 2.24) is 0 Å². The van der Waals surface area contributed by atoms with Crippen LogP contribution in [0.25, 0.3) is 0 Å². The second-order valence-electron chi connectivity index (χ2n) is 4.64. The first kappa shape index (κ1) is 16.5. The van der Waals surface area contributed by atoms with Crippen LogP contribution in [0, 0.1) is 0 Å². The second kappa shape index (κ2) is 10.3. The van der Waals surface area contributed by atoms with Gasteiger partial charge >= 0.3 is 5.97 Å². The topological polar surface area (TPSA) is 44.8 Å². The van der Waals surface area contributed by atoms with Gasteiger partial charge in [0.1, 0.15) is 5.75 Å². The first-order chi connectivity index (χ1) is 9.77. The molecule has 1 unspecified atom stereocenters. The van der Waals surface area contributed by atoms with E-state index in [0.717, 1.165) is 25.7 Å². The van der Waals surface area contributed by atoms with Gasteiger partial charge in [-0.3, -0.25) is 4.89 Å². The number of carbonyl (C=O) groups excluding carboxylic acids is 1. The molecule has 4 heteroatoms. The standard InChI is InChI=1S/C16H24O4/c1-3-5-9-13-18-20-16(17)15(10-4-2)19-14-11-7-6-8-12-14/h6-8,11-12,15H,3-5,9-10,13H2,1-2H3. The van der Waals surface area contributed by atoms with E-state index >= 15 is 0 Å². The van der Waals surface area contributed by atoms with E-state index in [1.165, 1.54) is 0 Å². The van der Waals surface area contributed by atoms with E-state index in [1.54, 1.807) is 0 Å². The molecule has 0 bridgehead atoms. The minimum atomic E-state index is -0.617. The van der Waals surface area contributed by atoms with Gasteiger partial charge in [-0.2, -0.15) is 4.89 Å². The predicted octanol–water partition coefficient (Wildman–Crippen LogP) is 3.90. The molecule has 0 N–H and O–H groups in total. The molecule has 1 aromatic rings. The Morgan fingerprint density at radius 2 is 1.85 bits per heavy atom. The van der Waals surface area contributed by atoms with E-state index in [-0.39, 0.29) is 0 Å². The van der Waals surface area contributed by atoms with Gasteiger partial charge in [0, 0.05) is 0 Å². The third-order valence-electron chi connectivity index (χ3n) is 2.81. The van der Waals surface area contributed by atoms with Crippen molar-refractivity contribution in [1.29, 1.82) is 0 Å². The van der Waals surface area contributed by atoms with Crippen LogP contribution in [0.4, 0.5) is 0 Å². The van der Waals surface area contributed by atoms with Gasteiger partial charge in [-0.15, -0.1) is 0 Å². The molecule has 0 amide bonds. The third kappa shape index (κ3) is 6.57. The molecule has 0 aliphatic carbocycles. The number of para-hydroxylation sites is 1. The molecule has 112 valence electrons. The minimum absolute atomic E-state index is 0.434. The van der Waals surface area contributed by atoms with Crippen LogP contribution in [0.3, 0.4) is 0 Å². The van der Waals surface area contributed by atoms with Gasteiger partial charge < -0.3 is 4.74 Å². The van der Waals surface area contributed by atoms with Crippen LogP contribution in [0.5, 0.6) is 5.75 Å². The normalized spacial score (nSPS) is 11.9. The van der Waals surface area contributed by atoms with E-state index < -0.39 is 12.1 Å². The number of hydrogen-bond acceptors (Lipinski definition) is 4. The van der Waals surface area contributed by atoms with Crippen LogP contribution >= 0.6 is 0 Å². The fourth-order valence-corrected chi connectivity index (χ4v) is 1.71. The van der Waals surface area contributed by atoms with E-state index in [1.807, 2.05) is 37.3 Å². The van der Waals surface area contributed by atoms with Gasteiger partial charge in [0.2, 0.25) is 0 Å². The fraction of sp³-hybridized carbons (Fsp3) is 0.562. The highest BCUT2D eigenvalue weighted by molar-refractivity contribution is 5.74. The largest absolute Gasteiger partial charge is 0.479 e. The van der Waals surface area contributed by atoms with Gasteiger partial charge in [-0.05, 0) is 25.0 Å². The molecule has 0 aliphatic heterocycles. The maximum Gasteiger partial charge on any atom is 0.382 e. The van der Waals surface area contributed by atoms with Gasteiger partial charge in [-0.25, -0.2) is 4.79 Å². The van der Waals surface area contributed by atoms with Crippen LogP contribution in [-0.2, 0) is 14.6 Å². The number of hydrogen-bond donors (Lipinski definition) is 0. The SMILES string of the molecule is CCCCCOOC(=O)C(CCC)Oc1ccccc1. The summed E-state index contributed by atoms with van der Waals surface area (Å²) in [6, 6.07) is 9.27. The third-order valence-corrected chi connectivity index (χ3v) is 2.81. The molecule has 4 nitrogen and oxygen atoms in total. The highest BCUT2D eigenvalue weighted by Crippen LogP contribution is 2.14. The molecule has 0 saturated heterocycles. The number of rotatable bonds is 10. The lowest BCUT2D eigenvalue weighted by Crippen LogP contribution is -2.29. The van der Waals surface area contributed by atoms with Crippen molar-refractivity contribution in [3.63, 3.8) is 0 Å². The molecule has 1 aromatic carbocycles. The fourth-order valence-electron chi connectivity index (χ4n) is 1.71. The van der Waals surface area contributed by atoms with Gasteiger partial charge in [0.05, 0.1) is 6.61 Å². The summed E-state index contributed by atoms with van der Waals surface area (Å²) in [6.07, 6.45) is 3.88. The molecule has 0 spiro atoms. The van der Waals surface area contributed by atoms with E-state index in [4.69, 9.17) is 14.5 Å². The molecule has 0 fully saturated rings. The van der Waals surface area contributed by atoms with Crippen molar-refractivity contribution in [2.24, 2.45) is 0 Å². The maximum atomic E-state index is 11.9. The van der Waals surface area contributed by atoms with Crippen LogP contribution in [0.15, 0.2) is 30.3 Å². The first-order valence-electron chi connectivity index (χ1n) is 7.33. The summed E-state index contributed by atoms with van der Waals surface area (Å²) in [4.78, 5) is 21.6. The quantitative estimate of drug-likeness (QED) is 0.370. The zero-order valence-electron chi connectivity index (χ0n) is 12.3. The molecule has 1 atom stereocenters. The Balaban J connectivity index is 2.38. The summed E-state index contributed by atoms with van der Waals surface area (Å²) in [5.41, 5.74) is 0. The van der Waals surface area contributed by atoms with Crippen LogP contribution in [0.1, 0.15) is 46.0 Å². The van der Waals surface area contributed by atoms with Crippen molar-refractivity contribution in [2.75, 3.05) is 6.61 Å². The first-order valence-corrected chi connectivity index (χ1v) is 7.33. The zero-order valence-corrected chi connectivity index (χ0v) is 12.3. The Labute approximate surface area is 121 Å². The maximum absolute atomic E-state index is 11.9. The summed E-state index contributed by atoms with van der Waals surface area (Å²) in [7, 11) is 0. The smallest absolute Gasteiger partial charge is 0.382 e. The van der Waals surface area contributed by atoms with Crippen LogP contribution in [-0.4, -0.2) is 18.7 Å². The Bertz CT molecular complexity index is 364. The lowest BCUT2D eigenvalue weighted by Gasteiger charge is -2.16. The molecular weight excluding hydrogens is 256 g/mol. The summed E-state index contributed by atoms with van der Waals surface area (Å²) in [5.74, 6) is 0.195. The van der Waals surface area contributed by atoms with Crippen LogP contribution < -0.4 is 4.74 Å². The molecule has 0 radical (unpaired) electrons. The van der Waals surface area contributed by atoms with E-state index in [0.29, 0.717) is 18.8 Å². The van der Waals surface area contributed by atoms with Crippen molar-refractivity contribution in [3.05, 3.63) is 30.3 Å². The van der Waals surface area contributed by atoms with E-state index in [9.17, 15) is 4.79 Å². The summed E-state index contributed by atoms with van der Waals surface area (Å²) < 4.78 is 5.64. The second-order valence-corrected chi connectivity index (χ2v) is 4.64. The summed E-state index contributed by atoms with van der Waals surface area (Å²) in [6.45, 7) is 4.54. The molecule has 0 saturated carbocycles. The van der Waals surface area contributed by atoms with Crippen molar-refractivity contribution in [3.8, 4) is 5.75 Å². The lowest BCUT2D eigenvalue weighted by molar-refractivity contribution is -0.278. The van der Waals surface area contributed by atoms with Gasteiger partial charge in [-0.1, -0.05) is 51.3 Å². The average molecular weight is 280 g/mol. The van der Waals surface area contributed by atoms with Crippen molar-refractivity contribution < 1.29 is 19.3 Å². The number of carbonyl (C=O) groups is 1. The number of unbranched alkanes of at least 4 members (excludes halogenated alkanes) is 2. The van der Waals surface area contributed by atoms with Crippen LogP contribution in [0.2, 0.25) is 0 Å². The number of ether oxygens (including phenoxy) is 1. The van der Waals surface area contributed by atoms with Crippen molar-refractivity contribution >= 4 is 5.97 Å². The lowest BCUT2D eigenvalue weighted by atomic mass is 10.2. The monoisotopic (exact) mass is 280 g/mol. The average Bonchev–Trinajstić information content (AvgIpc) is 2.47. The molecular formula is C16H24O4. The highest BCUT2D eigenvalue weighted by Gasteiger charge is 2.22. The van der Waals surface area contributed by atoms with E-state index in [2.05, 4.69) is 6.92 Å². The Morgan fingerprint density at radius 3 is 2.50 bits per heavy atom. The summed E-state index contributed by atoms with van der Waals surface area (Å²) >= 11 is 0. The number of benzene rings is 1. The Kier molecular flexibility index (Phi) is 8.47. The zero-order chi connectivity index (χ0) is 14.6. The summed E-state index contributed by atoms with van der Waals surface area (Å²) in [5, 5.41) is 0. The Hall–Kier alpha value is -1.55.